The van der Waals surface area contributed by atoms with Crippen molar-refractivity contribution in [3.8, 4) is 0 Å². The van der Waals surface area contributed by atoms with Gasteiger partial charge in [-0.2, -0.15) is 0 Å². The molecule has 3 nitrogen and oxygen atoms in total. The molecule has 0 heterocycles. The first-order chi connectivity index (χ1) is 10.1. The van der Waals surface area contributed by atoms with E-state index in [2.05, 4.69) is 12.1 Å². The maximum Gasteiger partial charge on any atom is 0.336 e. The van der Waals surface area contributed by atoms with Crippen molar-refractivity contribution in [2.24, 2.45) is 0 Å². The smallest absolute Gasteiger partial charge is 0.336 e. The number of carboxylic acids is 1. The van der Waals surface area contributed by atoms with Gasteiger partial charge < -0.3 is 10.8 Å². The van der Waals surface area contributed by atoms with Gasteiger partial charge in [-0.25, -0.2) is 4.79 Å². The highest BCUT2D eigenvalue weighted by Crippen LogP contribution is 2.33. The van der Waals surface area contributed by atoms with Crippen molar-refractivity contribution >= 4 is 34.2 Å². The van der Waals surface area contributed by atoms with Gasteiger partial charge in [-0.1, -0.05) is 42.1 Å². The van der Waals surface area contributed by atoms with Gasteiger partial charge in [-0.3, -0.25) is 0 Å². The summed E-state index contributed by atoms with van der Waals surface area (Å²) in [6, 6.07) is 19.1. The van der Waals surface area contributed by atoms with Crippen molar-refractivity contribution in [2.75, 3.05) is 5.73 Å². The van der Waals surface area contributed by atoms with Crippen molar-refractivity contribution in [1.82, 2.24) is 0 Å². The second-order valence-corrected chi connectivity index (χ2v) is 5.79. The van der Waals surface area contributed by atoms with E-state index in [0.717, 1.165) is 15.7 Å². The third kappa shape index (κ3) is 2.85. The molecule has 0 radical (unpaired) electrons. The summed E-state index contributed by atoms with van der Waals surface area (Å²) in [6.45, 7) is 0. The Bertz CT molecular complexity index is 830. The minimum absolute atomic E-state index is 0.230. The van der Waals surface area contributed by atoms with Crippen LogP contribution in [0.2, 0.25) is 0 Å². The molecule has 0 amide bonds. The zero-order valence-electron chi connectivity index (χ0n) is 11.1. The molecule has 3 N–H and O–H groups in total. The van der Waals surface area contributed by atoms with Crippen LogP contribution >= 0.6 is 11.8 Å². The number of aromatic carboxylic acids is 1. The largest absolute Gasteiger partial charge is 0.478 e. The molecule has 0 aliphatic rings. The summed E-state index contributed by atoms with van der Waals surface area (Å²) >= 11 is 1.43. The lowest BCUT2D eigenvalue weighted by Gasteiger charge is -2.08. The van der Waals surface area contributed by atoms with Crippen LogP contribution in [0.3, 0.4) is 0 Å². The van der Waals surface area contributed by atoms with Crippen molar-refractivity contribution in [1.29, 1.82) is 0 Å². The lowest BCUT2D eigenvalue weighted by molar-refractivity contribution is 0.0693. The first kappa shape index (κ1) is 13.5. The van der Waals surface area contributed by atoms with Crippen LogP contribution in [0, 0.1) is 0 Å². The maximum absolute atomic E-state index is 11.3. The number of hydrogen-bond acceptors (Lipinski definition) is 3. The zero-order valence-corrected chi connectivity index (χ0v) is 11.9. The minimum Gasteiger partial charge on any atom is -0.478 e. The molecule has 0 aliphatic heterocycles. The SMILES string of the molecule is Nc1ccc(Sc2ccc3ccccc3c2)c(C(=O)O)c1. The van der Waals surface area contributed by atoms with Crippen LogP contribution in [0.25, 0.3) is 10.8 Å². The minimum atomic E-state index is -0.967. The first-order valence-corrected chi connectivity index (χ1v) is 7.24. The summed E-state index contributed by atoms with van der Waals surface area (Å²) in [5, 5.41) is 11.6. The van der Waals surface area contributed by atoms with Crippen molar-refractivity contribution in [3.05, 3.63) is 66.2 Å². The van der Waals surface area contributed by atoms with E-state index in [1.165, 1.54) is 17.8 Å². The molecule has 3 aromatic carbocycles. The van der Waals surface area contributed by atoms with E-state index < -0.39 is 5.97 Å². The Morgan fingerprint density at radius 3 is 2.48 bits per heavy atom. The highest BCUT2D eigenvalue weighted by molar-refractivity contribution is 7.99. The Labute approximate surface area is 126 Å². The Hall–Kier alpha value is -2.46. The summed E-state index contributed by atoms with van der Waals surface area (Å²) in [5.74, 6) is -0.967. The molecule has 3 rings (SSSR count). The Morgan fingerprint density at radius 2 is 1.71 bits per heavy atom. The molecule has 3 aromatic rings. The Balaban J connectivity index is 2.00. The van der Waals surface area contributed by atoms with Crippen LogP contribution < -0.4 is 5.73 Å². The maximum atomic E-state index is 11.3. The van der Waals surface area contributed by atoms with E-state index in [-0.39, 0.29) is 5.56 Å². The summed E-state index contributed by atoms with van der Waals surface area (Å²) < 4.78 is 0. The number of benzene rings is 3. The lowest BCUT2D eigenvalue weighted by Crippen LogP contribution is -2.00. The number of fused-ring (bicyclic) bond motifs is 1. The van der Waals surface area contributed by atoms with Crippen LogP contribution in [-0.2, 0) is 0 Å². The van der Waals surface area contributed by atoms with Gasteiger partial charge in [-0.05, 0) is 41.1 Å². The number of nitrogens with two attached hydrogens (primary N) is 1. The normalized spacial score (nSPS) is 10.7. The fourth-order valence-corrected chi connectivity index (χ4v) is 3.13. The third-order valence-electron chi connectivity index (χ3n) is 3.18. The Kier molecular flexibility index (Phi) is 3.54. The number of anilines is 1. The van der Waals surface area contributed by atoms with Gasteiger partial charge in [0.05, 0.1) is 5.56 Å². The second-order valence-electron chi connectivity index (χ2n) is 4.67. The monoisotopic (exact) mass is 295 g/mol. The molecule has 4 heteroatoms. The predicted octanol–water partition coefficient (Wildman–Crippen LogP) is 4.27. The number of carboxylic acid groups (broad SMARTS) is 1. The van der Waals surface area contributed by atoms with E-state index in [4.69, 9.17) is 5.73 Å². The van der Waals surface area contributed by atoms with Gasteiger partial charge in [-0.15, -0.1) is 0 Å². The number of carbonyl (C=O) groups is 1. The molecule has 0 fully saturated rings. The molecule has 0 aliphatic carbocycles. The molecular weight excluding hydrogens is 282 g/mol. The van der Waals surface area contributed by atoms with Crippen molar-refractivity contribution in [2.45, 2.75) is 9.79 Å². The van der Waals surface area contributed by atoms with E-state index in [1.807, 2.05) is 30.3 Å². The van der Waals surface area contributed by atoms with Crippen LogP contribution in [0.4, 0.5) is 5.69 Å². The summed E-state index contributed by atoms with van der Waals surface area (Å²) in [5.41, 5.74) is 6.34. The molecule has 0 atom stereocenters. The number of nitrogen functional groups attached to an aromatic ring is 1. The van der Waals surface area contributed by atoms with Crippen molar-refractivity contribution < 1.29 is 9.90 Å². The van der Waals surface area contributed by atoms with Gasteiger partial charge >= 0.3 is 5.97 Å². The van der Waals surface area contributed by atoms with Gasteiger partial charge in [0.2, 0.25) is 0 Å². The van der Waals surface area contributed by atoms with Crippen LogP contribution in [-0.4, -0.2) is 11.1 Å². The van der Waals surface area contributed by atoms with E-state index in [0.29, 0.717) is 10.6 Å². The fraction of sp³-hybridized carbons (Fsp3) is 0. The topological polar surface area (TPSA) is 63.3 Å². The van der Waals surface area contributed by atoms with Gasteiger partial charge in [0, 0.05) is 15.5 Å². The molecule has 0 spiro atoms. The molecule has 0 unspecified atom stereocenters. The molecular formula is C17H13NO2S. The summed E-state index contributed by atoms with van der Waals surface area (Å²) in [4.78, 5) is 13.0. The molecule has 21 heavy (non-hydrogen) atoms. The Morgan fingerprint density at radius 1 is 0.952 bits per heavy atom. The fourth-order valence-electron chi connectivity index (χ4n) is 2.16. The molecule has 0 saturated heterocycles. The van der Waals surface area contributed by atoms with Gasteiger partial charge in [0.25, 0.3) is 0 Å². The lowest BCUT2D eigenvalue weighted by atomic mass is 10.1. The highest BCUT2D eigenvalue weighted by Gasteiger charge is 2.11. The second kappa shape index (κ2) is 5.50. The van der Waals surface area contributed by atoms with Crippen LogP contribution in [0.1, 0.15) is 10.4 Å². The van der Waals surface area contributed by atoms with E-state index in [1.54, 1.807) is 12.1 Å². The molecule has 0 aromatic heterocycles. The number of rotatable bonds is 3. The average Bonchev–Trinajstić information content (AvgIpc) is 2.49. The highest BCUT2D eigenvalue weighted by atomic mass is 32.2. The van der Waals surface area contributed by atoms with Gasteiger partial charge in [0.15, 0.2) is 0 Å². The quantitative estimate of drug-likeness (QED) is 0.708. The third-order valence-corrected chi connectivity index (χ3v) is 4.25. The molecule has 104 valence electrons. The predicted molar refractivity (Wildman–Crippen MR) is 85.9 cm³/mol. The standard InChI is InChI=1S/C17H13NO2S/c18-13-6-8-16(15(10-13)17(19)20)21-14-7-5-11-3-1-2-4-12(11)9-14/h1-10H,18H2,(H,19,20). The van der Waals surface area contributed by atoms with E-state index >= 15 is 0 Å². The molecule has 0 saturated carbocycles. The summed E-state index contributed by atoms with van der Waals surface area (Å²) in [6.07, 6.45) is 0. The zero-order chi connectivity index (χ0) is 14.8. The average molecular weight is 295 g/mol. The molecule has 0 bridgehead atoms. The van der Waals surface area contributed by atoms with Crippen molar-refractivity contribution in [3.63, 3.8) is 0 Å². The van der Waals surface area contributed by atoms with Crippen LogP contribution in [0.5, 0.6) is 0 Å². The summed E-state index contributed by atoms with van der Waals surface area (Å²) in [7, 11) is 0. The number of hydrogen-bond donors (Lipinski definition) is 2. The van der Waals surface area contributed by atoms with Gasteiger partial charge in [0.1, 0.15) is 0 Å². The first-order valence-electron chi connectivity index (χ1n) is 6.43. The van der Waals surface area contributed by atoms with Crippen LogP contribution in [0.15, 0.2) is 70.5 Å². The van der Waals surface area contributed by atoms with E-state index in [9.17, 15) is 9.90 Å².